The van der Waals surface area contributed by atoms with Gasteiger partial charge in [-0.15, -0.1) is 11.3 Å². The van der Waals surface area contributed by atoms with E-state index in [1.807, 2.05) is 17.5 Å². The number of aryl methyl sites for hydroxylation is 3. The van der Waals surface area contributed by atoms with Gasteiger partial charge < -0.3 is 9.84 Å². The maximum Gasteiger partial charge on any atom is 0.258 e. The standard InChI is InChI=1S/C27H26N4OS2/c1-5-19-8-6-9-21(15-19)31-18(4)23(26-29-25(30-32-26)22-10-7-13-34-22)24(28-27(31)33)20-12-11-16(2)17(3)14-20/h6-15,24H,5H2,1-4H3,(H,28,33). The van der Waals surface area contributed by atoms with Gasteiger partial charge in [-0.05, 0) is 85.2 Å². The van der Waals surface area contributed by atoms with Crippen molar-refractivity contribution in [1.29, 1.82) is 0 Å². The summed E-state index contributed by atoms with van der Waals surface area (Å²) in [5.41, 5.74) is 7.76. The minimum Gasteiger partial charge on any atom is -0.351 e. The summed E-state index contributed by atoms with van der Waals surface area (Å²) < 4.78 is 5.85. The van der Waals surface area contributed by atoms with Gasteiger partial charge in [0.15, 0.2) is 5.11 Å². The van der Waals surface area contributed by atoms with Crippen LogP contribution >= 0.6 is 23.6 Å². The Morgan fingerprint density at radius 2 is 1.91 bits per heavy atom. The zero-order valence-corrected chi connectivity index (χ0v) is 21.3. The number of allylic oxidation sites excluding steroid dienone is 1. The first kappa shape index (κ1) is 22.5. The quantitative estimate of drug-likeness (QED) is 0.312. The van der Waals surface area contributed by atoms with E-state index in [2.05, 4.69) is 85.5 Å². The summed E-state index contributed by atoms with van der Waals surface area (Å²) >= 11 is 7.48. The molecule has 5 rings (SSSR count). The molecule has 1 N–H and O–H groups in total. The van der Waals surface area contributed by atoms with E-state index in [-0.39, 0.29) is 6.04 Å². The van der Waals surface area contributed by atoms with Crippen molar-refractivity contribution in [3.8, 4) is 10.7 Å². The van der Waals surface area contributed by atoms with Crippen LogP contribution in [0.4, 0.5) is 5.69 Å². The van der Waals surface area contributed by atoms with Gasteiger partial charge in [-0.2, -0.15) is 4.98 Å². The topological polar surface area (TPSA) is 54.2 Å². The molecular weight excluding hydrogens is 460 g/mol. The van der Waals surface area contributed by atoms with Gasteiger partial charge in [-0.1, -0.05) is 48.5 Å². The zero-order chi connectivity index (χ0) is 23.8. The van der Waals surface area contributed by atoms with Gasteiger partial charge in [0.25, 0.3) is 5.89 Å². The third-order valence-corrected chi connectivity index (χ3v) is 7.49. The second-order valence-electron chi connectivity index (χ2n) is 8.48. The number of anilines is 1. The van der Waals surface area contributed by atoms with Gasteiger partial charge >= 0.3 is 0 Å². The Morgan fingerprint density at radius 3 is 2.65 bits per heavy atom. The third-order valence-electron chi connectivity index (χ3n) is 6.32. The van der Waals surface area contributed by atoms with Crippen LogP contribution in [-0.2, 0) is 6.42 Å². The molecule has 3 heterocycles. The predicted molar refractivity (Wildman–Crippen MR) is 143 cm³/mol. The van der Waals surface area contributed by atoms with E-state index >= 15 is 0 Å². The summed E-state index contributed by atoms with van der Waals surface area (Å²) in [5, 5.41) is 10.5. The van der Waals surface area contributed by atoms with Crippen LogP contribution in [0.15, 0.2) is 70.2 Å². The highest BCUT2D eigenvalue weighted by Gasteiger charge is 2.35. The Bertz CT molecular complexity index is 1390. The molecule has 1 atom stereocenters. The molecule has 1 unspecified atom stereocenters. The lowest BCUT2D eigenvalue weighted by atomic mass is 9.92. The minimum absolute atomic E-state index is 0.200. The van der Waals surface area contributed by atoms with Crippen molar-refractivity contribution < 1.29 is 4.52 Å². The average molecular weight is 487 g/mol. The SMILES string of the molecule is CCc1cccc(N2C(=S)NC(c3ccc(C)c(C)c3)C(c3nc(-c4cccs4)no3)=C2C)c1. The lowest BCUT2D eigenvalue weighted by Gasteiger charge is -2.37. The molecule has 7 heteroatoms. The minimum atomic E-state index is -0.200. The third kappa shape index (κ3) is 4.06. The summed E-state index contributed by atoms with van der Waals surface area (Å²) in [4.78, 5) is 7.83. The molecule has 5 nitrogen and oxygen atoms in total. The van der Waals surface area contributed by atoms with Crippen LogP contribution in [-0.4, -0.2) is 15.3 Å². The molecule has 0 saturated carbocycles. The van der Waals surface area contributed by atoms with Crippen molar-refractivity contribution in [3.05, 3.63) is 93.8 Å². The van der Waals surface area contributed by atoms with Gasteiger partial charge in [-0.25, -0.2) is 0 Å². The van der Waals surface area contributed by atoms with E-state index in [0.29, 0.717) is 16.8 Å². The van der Waals surface area contributed by atoms with Crippen LogP contribution < -0.4 is 10.2 Å². The first-order valence-corrected chi connectivity index (χ1v) is 12.6. The maximum absolute atomic E-state index is 5.89. The molecule has 0 fully saturated rings. The van der Waals surface area contributed by atoms with E-state index in [1.54, 1.807) is 11.3 Å². The molecule has 34 heavy (non-hydrogen) atoms. The van der Waals surface area contributed by atoms with Crippen LogP contribution in [0.3, 0.4) is 0 Å². The van der Waals surface area contributed by atoms with Gasteiger partial charge in [0.2, 0.25) is 5.82 Å². The Kier molecular flexibility index (Phi) is 6.06. The Morgan fingerprint density at radius 1 is 1.06 bits per heavy atom. The van der Waals surface area contributed by atoms with Crippen molar-refractivity contribution in [1.82, 2.24) is 15.5 Å². The summed E-state index contributed by atoms with van der Waals surface area (Å²) in [6, 6.07) is 18.7. The molecule has 0 radical (unpaired) electrons. The number of nitrogens with one attached hydrogen (secondary N) is 1. The van der Waals surface area contributed by atoms with Crippen LogP contribution in [0.2, 0.25) is 0 Å². The van der Waals surface area contributed by atoms with E-state index in [0.717, 1.165) is 33.8 Å². The first-order chi connectivity index (χ1) is 16.5. The van der Waals surface area contributed by atoms with E-state index in [4.69, 9.17) is 21.7 Å². The molecule has 172 valence electrons. The fourth-order valence-corrected chi connectivity index (χ4v) is 5.29. The molecule has 1 aliphatic rings. The summed E-state index contributed by atoms with van der Waals surface area (Å²) in [6.45, 7) is 8.47. The Labute approximate surface area is 209 Å². The number of rotatable bonds is 5. The van der Waals surface area contributed by atoms with Crippen LogP contribution in [0.1, 0.15) is 48.0 Å². The fourth-order valence-electron chi connectivity index (χ4n) is 4.28. The Hall–Kier alpha value is -3.29. The largest absolute Gasteiger partial charge is 0.351 e. The van der Waals surface area contributed by atoms with Crippen molar-refractivity contribution >= 4 is 39.9 Å². The zero-order valence-electron chi connectivity index (χ0n) is 19.6. The fraction of sp³-hybridized carbons (Fsp3) is 0.222. The highest BCUT2D eigenvalue weighted by atomic mass is 32.1. The van der Waals surface area contributed by atoms with Crippen molar-refractivity contribution in [2.24, 2.45) is 0 Å². The average Bonchev–Trinajstić information content (AvgIpc) is 3.53. The monoisotopic (exact) mass is 486 g/mol. The second-order valence-corrected chi connectivity index (χ2v) is 9.82. The molecule has 1 aliphatic heterocycles. The first-order valence-electron chi connectivity index (χ1n) is 11.3. The molecule has 0 amide bonds. The van der Waals surface area contributed by atoms with Crippen LogP contribution in [0.25, 0.3) is 16.3 Å². The highest BCUT2D eigenvalue weighted by molar-refractivity contribution is 7.80. The molecule has 2 aromatic heterocycles. The smallest absolute Gasteiger partial charge is 0.258 e. The van der Waals surface area contributed by atoms with Crippen molar-refractivity contribution in [2.45, 2.75) is 40.2 Å². The van der Waals surface area contributed by atoms with Crippen molar-refractivity contribution in [2.75, 3.05) is 4.90 Å². The number of benzene rings is 2. The normalized spacial score (nSPS) is 16.2. The lowest BCUT2D eigenvalue weighted by molar-refractivity contribution is 0.404. The van der Waals surface area contributed by atoms with Gasteiger partial charge in [0, 0.05) is 11.4 Å². The van der Waals surface area contributed by atoms with Crippen LogP contribution in [0, 0.1) is 13.8 Å². The molecular formula is C27H26N4OS2. The number of nitrogens with zero attached hydrogens (tertiary/aromatic N) is 3. The second kappa shape index (κ2) is 9.16. The number of aromatic nitrogens is 2. The maximum atomic E-state index is 5.89. The number of hydrogen-bond acceptors (Lipinski definition) is 5. The van der Waals surface area contributed by atoms with E-state index in [9.17, 15) is 0 Å². The molecule has 0 saturated heterocycles. The van der Waals surface area contributed by atoms with E-state index in [1.165, 1.54) is 16.7 Å². The van der Waals surface area contributed by atoms with Gasteiger partial charge in [-0.3, -0.25) is 4.90 Å². The van der Waals surface area contributed by atoms with Crippen LogP contribution in [0.5, 0.6) is 0 Å². The molecule has 2 aromatic carbocycles. The molecule has 0 bridgehead atoms. The van der Waals surface area contributed by atoms with E-state index < -0.39 is 0 Å². The molecule has 4 aromatic rings. The summed E-state index contributed by atoms with van der Waals surface area (Å²) in [6.07, 6.45) is 0.955. The number of hydrogen-bond donors (Lipinski definition) is 1. The Balaban J connectivity index is 1.67. The van der Waals surface area contributed by atoms with Crippen molar-refractivity contribution in [3.63, 3.8) is 0 Å². The summed E-state index contributed by atoms with van der Waals surface area (Å²) in [7, 11) is 0. The lowest BCUT2D eigenvalue weighted by Crippen LogP contribution is -2.46. The van der Waals surface area contributed by atoms with Gasteiger partial charge in [0.05, 0.1) is 16.5 Å². The molecule has 0 aliphatic carbocycles. The highest BCUT2D eigenvalue weighted by Crippen LogP contribution is 2.40. The summed E-state index contributed by atoms with van der Waals surface area (Å²) in [5.74, 6) is 1.09. The number of thiophene rings is 1. The number of thiocarbonyl (C=S) groups is 1. The molecule has 0 spiro atoms. The van der Waals surface area contributed by atoms with Gasteiger partial charge in [0.1, 0.15) is 0 Å². The predicted octanol–water partition coefficient (Wildman–Crippen LogP) is 6.84.